The number of nitrogens with zero attached hydrogens (tertiary/aromatic N) is 1. The molecule has 138 valence electrons. The average Bonchev–Trinajstić information content (AvgIpc) is 3.16. The molecule has 1 unspecified atom stereocenters. The van der Waals surface area contributed by atoms with Crippen molar-refractivity contribution in [1.82, 2.24) is 10.2 Å². The van der Waals surface area contributed by atoms with Crippen molar-refractivity contribution in [3.8, 4) is 5.75 Å². The van der Waals surface area contributed by atoms with E-state index in [2.05, 4.69) is 17.4 Å². The lowest BCUT2D eigenvalue weighted by atomic mass is 9.78. The summed E-state index contributed by atoms with van der Waals surface area (Å²) in [4.78, 5) is 14.5. The molecule has 25 heavy (non-hydrogen) atoms. The zero-order valence-electron chi connectivity index (χ0n) is 15.2. The molecule has 5 nitrogen and oxygen atoms in total. The fourth-order valence-corrected chi connectivity index (χ4v) is 4.33. The van der Waals surface area contributed by atoms with Gasteiger partial charge in [0.25, 0.3) is 0 Å². The highest BCUT2D eigenvalue weighted by molar-refractivity contribution is 5.74. The van der Waals surface area contributed by atoms with Gasteiger partial charge in [-0.2, -0.15) is 0 Å². The van der Waals surface area contributed by atoms with Crippen molar-refractivity contribution in [3.63, 3.8) is 0 Å². The van der Waals surface area contributed by atoms with Crippen molar-refractivity contribution in [2.45, 2.75) is 43.9 Å². The molecule has 3 rings (SSSR count). The van der Waals surface area contributed by atoms with Crippen LogP contribution < -0.4 is 10.1 Å². The molecule has 1 saturated heterocycles. The summed E-state index contributed by atoms with van der Waals surface area (Å²) in [6, 6.07) is 8.27. The number of hydrogen-bond acceptors (Lipinski definition) is 3. The van der Waals surface area contributed by atoms with E-state index in [0.29, 0.717) is 13.1 Å². The molecule has 1 aromatic rings. The van der Waals surface area contributed by atoms with E-state index in [4.69, 9.17) is 4.74 Å². The first kappa shape index (κ1) is 18.1. The van der Waals surface area contributed by atoms with E-state index in [-0.39, 0.29) is 24.0 Å². The maximum Gasteiger partial charge on any atom is 0.317 e. The van der Waals surface area contributed by atoms with Crippen LogP contribution in [0.2, 0.25) is 0 Å². The molecule has 0 aromatic heterocycles. The average molecular weight is 346 g/mol. The van der Waals surface area contributed by atoms with Gasteiger partial charge < -0.3 is 20.1 Å². The third-order valence-electron chi connectivity index (χ3n) is 5.89. The van der Waals surface area contributed by atoms with Gasteiger partial charge in [0.15, 0.2) is 0 Å². The lowest BCUT2D eigenvalue weighted by molar-refractivity contribution is 0.128. The smallest absolute Gasteiger partial charge is 0.317 e. The van der Waals surface area contributed by atoms with E-state index < -0.39 is 0 Å². The molecule has 1 heterocycles. The summed E-state index contributed by atoms with van der Waals surface area (Å²) >= 11 is 0. The Morgan fingerprint density at radius 2 is 2.16 bits per heavy atom. The monoisotopic (exact) mass is 346 g/mol. The number of rotatable bonds is 5. The number of hydrogen-bond donors (Lipinski definition) is 2. The van der Waals surface area contributed by atoms with Crippen LogP contribution in [0.5, 0.6) is 5.75 Å². The summed E-state index contributed by atoms with van der Waals surface area (Å²) in [6.45, 7) is 2.28. The second-order valence-electron chi connectivity index (χ2n) is 7.51. The number of aliphatic hydroxyl groups excluding tert-OH is 1. The maximum absolute atomic E-state index is 12.6. The van der Waals surface area contributed by atoms with Crippen LogP contribution in [-0.2, 0) is 5.41 Å². The van der Waals surface area contributed by atoms with Crippen LogP contribution in [0.25, 0.3) is 0 Å². The Labute approximate surface area is 150 Å². The Kier molecular flexibility index (Phi) is 5.84. The van der Waals surface area contributed by atoms with E-state index in [1.54, 1.807) is 7.11 Å². The van der Waals surface area contributed by atoms with Crippen molar-refractivity contribution in [3.05, 3.63) is 29.8 Å². The first-order chi connectivity index (χ1) is 12.2. The molecule has 5 heteroatoms. The van der Waals surface area contributed by atoms with Crippen LogP contribution in [0.1, 0.15) is 44.1 Å². The highest BCUT2D eigenvalue weighted by Gasteiger charge is 2.36. The second kappa shape index (κ2) is 8.09. The molecule has 2 N–H and O–H groups in total. The number of aliphatic hydroxyl groups is 1. The molecule has 1 atom stereocenters. The SMILES string of the molecule is COc1cccc(C2(CNC(=O)N3CCCC(CO)C3)CCCC2)c1. The lowest BCUT2D eigenvalue weighted by Crippen LogP contribution is -2.49. The topological polar surface area (TPSA) is 61.8 Å². The molecule has 1 aromatic carbocycles. The van der Waals surface area contributed by atoms with E-state index in [9.17, 15) is 9.90 Å². The Balaban J connectivity index is 1.67. The molecule has 1 aliphatic carbocycles. The maximum atomic E-state index is 12.6. The highest BCUT2D eigenvalue weighted by atomic mass is 16.5. The van der Waals surface area contributed by atoms with Gasteiger partial charge in [0.1, 0.15) is 5.75 Å². The summed E-state index contributed by atoms with van der Waals surface area (Å²) in [6.07, 6.45) is 6.57. The van der Waals surface area contributed by atoms with Gasteiger partial charge >= 0.3 is 6.03 Å². The minimum Gasteiger partial charge on any atom is -0.497 e. The number of likely N-dealkylation sites (tertiary alicyclic amines) is 1. The molecular weight excluding hydrogens is 316 g/mol. The van der Waals surface area contributed by atoms with Crippen LogP contribution in [0, 0.1) is 5.92 Å². The molecule has 1 aliphatic heterocycles. The Morgan fingerprint density at radius 1 is 1.36 bits per heavy atom. The minimum absolute atomic E-state index is 0.00678. The summed E-state index contributed by atoms with van der Waals surface area (Å²) < 4.78 is 5.39. The summed E-state index contributed by atoms with van der Waals surface area (Å²) in [5.41, 5.74) is 1.27. The molecule has 2 fully saturated rings. The van der Waals surface area contributed by atoms with Gasteiger partial charge in [-0.15, -0.1) is 0 Å². The molecule has 0 bridgehead atoms. The second-order valence-corrected chi connectivity index (χ2v) is 7.51. The van der Waals surface area contributed by atoms with Crippen molar-refractivity contribution in [2.24, 2.45) is 5.92 Å². The van der Waals surface area contributed by atoms with Crippen molar-refractivity contribution >= 4 is 6.03 Å². The molecule has 0 radical (unpaired) electrons. The number of nitrogens with one attached hydrogen (secondary N) is 1. The van der Waals surface area contributed by atoms with Crippen LogP contribution in [0.3, 0.4) is 0 Å². The Hall–Kier alpha value is -1.75. The Bertz CT molecular complexity index is 584. The van der Waals surface area contributed by atoms with Crippen molar-refractivity contribution < 1.29 is 14.6 Å². The van der Waals surface area contributed by atoms with Gasteiger partial charge in [-0.1, -0.05) is 25.0 Å². The van der Waals surface area contributed by atoms with E-state index >= 15 is 0 Å². The largest absolute Gasteiger partial charge is 0.497 e. The number of methoxy groups -OCH3 is 1. The minimum atomic E-state index is 0.00678. The van der Waals surface area contributed by atoms with Crippen LogP contribution in [0.4, 0.5) is 4.79 Å². The van der Waals surface area contributed by atoms with E-state index in [1.807, 2.05) is 17.0 Å². The normalized spacial score (nSPS) is 22.6. The highest BCUT2D eigenvalue weighted by Crippen LogP contribution is 2.41. The predicted molar refractivity (Wildman–Crippen MR) is 97.9 cm³/mol. The van der Waals surface area contributed by atoms with Gasteiger partial charge in [0.2, 0.25) is 0 Å². The van der Waals surface area contributed by atoms with E-state index in [0.717, 1.165) is 38.0 Å². The number of urea groups is 1. The summed E-state index contributed by atoms with van der Waals surface area (Å²) in [5.74, 6) is 1.09. The quantitative estimate of drug-likeness (QED) is 0.862. The number of amides is 2. The van der Waals surface area contributed by atoms with Gasteiger partial charge in [0.05, 0.1) is 7.11 Å². The van der Waals surface area contributed by atoms with Gasteiger partial charge in [-0.3, -0.25) is 0 Å². The van der Waals surface area contributed by atoms with E-state index in [1.165, 1.54) is 18.4 Å². The third-order valence-corrected chi connectivity index (χ3v) is 5.89. The standard InChI is InChI=1S/C20H30N2O3/c1-25-18-8-4-7-17(12-18)20(9-2-3-10-20)15-21-19(24)22-11-5-6-16(13-22)14-23/h4,7-8,12,16,23H,2-3,5-6,9-11,13-15H2,1H3,(H,21,24). The first-order valence-electron chi connectivity index (χ1n) is 9.45. The van der Waals surface area contributed by atoms with Gasteiger partial charge in [-0.25, -0.2) is 4.79 Å². The zero-order valence-corrected chi connectivity index (χ0v) is 15.2. The van der Waals surface area contributed by atoms with Gasteiger partial charge in [0, 0.05) is 31.7 Å². The molecule has 1 saturated carbocycles. The third kappa shape index (κ3) is 4.09. The molecule has 0 spiro atoms. The van der Waals surface area contributed by atoms with Crippen LogP contribution >= 0.6 is 0 Å². The molecule has 2 amide bonds. The number of piperidine rings is 1. The van der Waals surface area contributed by atoms with Crippen LogP contribution in [-0.4, -0.2) is 49.4 Å². The predicted octanol–water partition coefficient (Wildman–Crippen LogP) is 2.92. The molecule has 2 aliphatic rings. The van der Waals surface area contributed by atoms with Crippen molar-refractivity contribution in [1.29, 1.82) is 0 Å². The fourth-order valence-electron chi connectivity index (χ4n) is 4.33. The summed E-state index contributed by atoms with van der Waals surface area (Å²) in [7, 11) is 1.69. The number of ether oxygens (including phenoxy) is 1. The number of benzene rings is 1. The Morgan fingerprint density at radius 3 is 2.88 bits per heavy atom. The van der Waals surface area contributed by atoms with Crippen LogP contribution in [0.15, 0.2) is 24.3 Å². The van der Waals surface area contributed by atoms with Gasteiger partial charge in [-0.05, 0) is 49.3 Å². The molecular formula is C20H30N2O3. The fraction of sp³-hybridized carbons (Fsp3) is 0.650. The number of carbonyl (C=O) groups is 1. The number of carbonyl (C=O) groups excluding carboxylic acids is 1. The first-order valence-corrected chi connectivity index (χ1v) is 9.45. The summed E-state index contributed by atoms with van der Waals surface area (Å²) in [5, 5.41) is 12.5. The van der Waals surface area contributed by atoms with Crippen molar-refractivity contribution in [2.75, 3.05) is 33.4 Å². The zero-order chi connectivity index (χ0) is 17.7. The lowest BCUT2D eigenvalue weighted by Gasteiger charge is -2.35.